The molecule has 0 aliphatic heterocycles. The first-order valence-corrected chi connectivity index (χ1v) is 12.3. The third-order valence-corrected chi connectivity index (χ3v) is 6.15. The molecule has 10 heteroatoms. The van der Waals surface area contributed by atoms with Gasteiger partial charge in [0.05, 0.1) is 18.4 Å². The number of alkyl halides is 3. The molecule has 1 heterocycles. The first-order chi connectivity index (χ1) is 19.3. The Bertz CT molecular complexity index is 1640. The van der Waals surface area contributed by atoms with E-state index in [4.69, 9.17) is 4.74 Å². The zero-order valence-electron chi connectivity index (χ0n) is 21.3. The summed E-state index contributed by atoms with van der Waals surface area (Å²) in [4.78, 5) is 12.3. The maximum atomic E-state index is 12.9. The molecule has 0 saturated carbocycles. The van der Waals surface area contributed by atoms with Crippen molar-refractivity contribution in [2.45, 2.75) is 12.6 Å². The minimum absolute atomic E-state index is 0.0338. The normalized spacial score (nSPS) is 11.2. The highest BCUT2D eigenvalue weighted by Gasteiger charge is 2.30. The van der Waals surface area contributed by atoms with E-state index >= 15 is 0 Å². The number of urea groups is 1. The van der Waals surface area contributed by atoms with Crippen LogP contribution in [-0.4, -0.2) is 23.3 Å². The Balaban J connectivity index is 1.26. The number of carbonyl (C=O) groups is 1. The topological polar surface area (TPSA) is 88.2 Å². The van der Waals surface area contributed by atoms with E-state index in [9.17, 15) is 18.0 Å². The van der Waals surface area contributed by atoms with Gasteiger partial charge in [0, 0.05) is 34.3 Å². The number of aromatic nitrogens is 2. The smallest absolute Gasteiger partial charge is 0.416 e. The summed E-state index contributed by atoms with van der Waals surface area (Å²) in [6.07, 6.45) is -3.88. The highest BCUT2D eigenvalue weighted by atomic mass is 19.4. The van der Waals surface area contributed by atoms with E-state index < -0.39 is 17.8 Å². The van der Waals surface area contributed by atoms with Crippen LogP contribution in [0.4, 0.5) is 40.8 Å². The quantitative estimate of drug-likeness (QED) is 0.196. The Kier molecular flexibility index (Phi) is 7.50. The van der Waals surface area contributed by atoms with Gasteiger partial charge < -0.3 is 20.7 Å². The van der Waals surface area contributed by atoms with Crippen LogP contribution in [0.2, 0.25) is 0 Å². The second kappa shape index (κ2) is 11.3. The number of ether oxygens (including phenoxy) is 1. The third kappa shape index (κ3) is 6.29. The van der Waals surface area contributed by atoms with Crippen molar-refractivity contribution in [2.24, 2.45) is 0 Å². The zero-order valence-corrected chi connectivity index (χ0v) is 21.3. The number of hydrogen-bond donors (Lipinski definition) is 3. The summed E-state index contributed by atoms with van der Waals surface area (Å²) in [5.41, 5.74) is 2.29. The van der Waals surface area contributed by atoms with E-state index in [2.05, 4.69) is 26.1 Å². The van der Waals surface area contributed by atoms with E-state index in [1.165, 1.54) is 12.1 Å². The molecule has 0 aliphatic carbocycles. The molecule has 4 aromatic carbocycles. The number of benzene rings is 4. The van der Waals surface area contributed by atoms with Gasteiger partial charge in [-0.25, -0.2) is 4.79 Å². The summed E-state index contributed by atoms with van der Waals surface area (Å²) in [5, 5.41) is 19.1. The molecule has 0 unspecified atom stereocenters. The highest BCUT2D eigenvalue weighted by molar-refractivity contribution is 6.00. The van der Waals surface area contributed by atoms with Crippen molar-refractivity contribution in [3.8, 4) is 5.75 Å². The van der Waals surface area contributed by atoms with E-state index in [1.54, 1.807) is 31.4 Å². The van der Waals surface area contributed by atoms with Gasteiger partial charge in [-0.2, -0.15) is 18.3 Å². The molecule has 3 N–H and O–H groups in total. The van der Waals surface area contributed by atoms with Crippen molar-refractivity contribution in [1.82, 2.24) is 10.2 Å². The molecule has 0 atom stereocenters. The lowest BCUT2D eigenvalue weighted by Crippen LogP contribution is -2.19. The van der Waals surface area contributed by atoms with Crippen LogP contribution in [0.5, 0.6) is 5.75 Å². The fraction of sp³-hybridized carbons (Fsp3) is 0.100. The molecule has 0 fully saturated rings. The van der Waals surface area contributed by atoms with Crippen LogP contribution in [0.3, 0.4) is 0 Å². The molecule has 0 aliphatic rings. The summed E-state index contributed by atoms with van der Waals surface area (Å²) in [6, 6.07) is 26.3. The Morgan fingerprint density at radius 1 is 0.775 bits per heavy atom. The third-order valence-electron chi connectivity index (χ3n) is 6.15. The molecule has 2 amide bonds. The predicted molar refractivity (Wildman–Crippen MR) is 149 cm³/mol. The number of anilines is 4. The van der Waals surface area contributed by atoms with E-state index in [0.29, 0.717) is 23.6 Å². The maximum Gasteiger partial charge on any atom is 0.416 e. The number of halogens is 3. The largest absolute Gasteiger partial charge is 0.497 e. The van der Waals surface area contributed by atoms with Crippen molar-refractivity contribution >= 4 is 39.7 Å². The van der Waals surface area contributed by atoms with Crippen molar-refractivity contribution in [2.75, 3.05) is 23.1 Å². The van der Waals surface area contributed by atoms with E-state index in [-0.39, 0.29) is 5.69 Å². The lowest BCUT2D eigenvalue weighted by molar-refractivity contribution is -0.137. The number of carbonyl (C=O) groups excluding carboxylic acids is 1. The van der Waals surface area contributed by atoms with Gasteiger partial charge in [-0.3, -0.25) is 0 Å². The average molecular weight is 544 g/mol. The number of fused-ring (bicyclic) bond motifs is 1. The van der Waals surface area contributed by atoms with Crippen LogP contribution in [0.15, 0.2) is 97.1 Å². The van der Waals surface area contributed by atoms with Gasteiger partial charge in [-0.1, -0.05) is 42.5 Å². The fourth-order valence-corrected chi connectivity index (χ4v) is 4.16. The van der Waals surface area contributed by atoms with Gasteiger partial charge in [0.15, 0.2) is 5.82 Å². The molecular weight excluding hydrogens is 519 g/mol. The molecule has 5 aromatic rings. The monoisotopic (exact) mass is 543 g/mol. The lowest BCUT2D eigenvalue weighted by atomic mass is 10.0. The number of nitrogens with one attached hydrogen (secondary N) is 3. The number of methoxy groups -OCH3 is 1. The molecular formula is C30H24F3N5O2. The molecule has 0 bridgehead atoms. The molecule has 5 rings (SSSR count). The Morgan fingerprint density at radius 2 is 1.45 bits per heavy atom. The second-order valence-electron chi connectivity index (χ2n) is 8.93. The van der Waals surface area contributed by atoms with Gasteiger partial charge in [-0.05, 0) is 60.2 Å². The molecule has 0 saturated heterocycles. The molecule has 0 radical (unpaired) electrons. The lowest BCUT2D eigenvalue weighted by Gasteiger charge is -2.13. The zero-order chi connectivity index (χ0) is 28.1. The fourth-order valence-electron chi connectivity index (χ4n) is 4.16. The van der Waals surface area contributed by atoms with Gasteiger partial charge in [0.25, 0.3) is 0 Å². The average Bonchev–Trinajstić information content (AvgIpc) is 2.95. The van der Waals surface area contributed by atoms with Crippen LogP contribution in [0.25, 0.3) is 10.8 Å². The van der Waals surface area contributed by atoms with Crippen LogP contribution in [-0.2, 0) is 12.6 Å². The van der Waals surface area contributed by atoms with Gasteiger partial charge in [0.2, 0.25) is 0 Å². The highest BCUT2D eigenvalue weighted by Crippen LogP contribution is 2.31. The minimum Gasteiger partial charge on any atom is -0.497 e. The Hall–Kier alpha value is -5.12. The first kappa shape index (κ1) is 26.5. The number of amides is 2. The number of nitrogens with zero attached hydrogens (tertiary/aromatic N) is 2. The Labute approximate surface area is 228 Å². The summed E-state index contributed by atoms with van der Waals surface area (Å²) >= 11 is 0. The molecule has 40 heavy (non-hydrogen) atoms. The molecule has 202 valence electrons. The van der Waals surface area contributed by atoms with Crippen molar-refractivity contribution in [1.29, 1.82) is 0 Å². The molecule has 0 spiro atoms. The minimum atomic E-state index is -4.50. The van der Waals surface area contributed by atoms with E-state index in [0.717, 1.165) is 39.9 Å². The van der Waals surface area contributed by atoms with Gasteiger partial charge >= 0.3 is 12.2 Å². The van der Waals surface area contributed by atoms with E-state index in [1.807, 2.05) is 48.5 Å². The summed E-state index contributed by atoms with van der Waals surface area (Å²) in [6.45, 7) is 0. The summed E-state index contributed by atoms with van der Waals surface area (Å²) in [7, 11) is 1.63. The van der Waals surface area contributed by atoms with Crippen molar-refractivity contribution < 1.29 is 22.7 Å². The van der Waals surface area contributed by atoms with Crippen molar-refractivity contribution in [3.63, 3.8) is 0 Å². The van der Waals surface area contributed by atoms with Crippen LogP contribution in [0, 0.1) is 0 Å². The SMILES string of the molecule is COc1ccc(Cc2nnc(Nc3ccc(NC(=O)Nc4cccc(C(F)(F)F)c4)cc3)c3ccccc23)cc1. The second-order valence-corrected chi connectivity index (χ2v) is 8.93. The predicted octanol–water partition coefficient (Wildman–Crippen LogP) is 7.64. The van der Waals surface area contributed by atoms with Crippen molar-refractivity contribution in [3.05, 3.63) is 114 Å². The summed E-state index contributed by atoms with van der Waals surface area (Å²) < 4.78 is 44.0. The summed E-state index contributed by atoms with van der Waals surface area (Å²) in [5.74, 6) is 1.37. The van der Waals surface area contributed by atoms with Crippen LogP contribution in [0.1, 0.15) is 16.8 Å². The van der Waals surface area contributed by atoms with Gasteiger partial charge in [0.1, 0.15) is 5.75 Å². The van der Waals surface area contributed by atoms with Crippen LogP contribution >= 0.6 is 0 Å². The number of rotatable bonds is 7. The molecule has 1 aromatic heterocycles. The maximum absolute atomic E-state index is 12.9. The number of hydrogen-bond acceptors (Lipinski definition) is 5. The van der Waals surface area contributed by atoms with Crippen LogP contribution < -0.4 is 20.7 Å². The van der Waals surface area contributed by atoms with Gasteiger partial charge in [-0.15, -0.1) is 5.10 Å². The Morgan fingerprint density at radius 3 is 2.15 bits per heavy atom. The first-order valence-electron chi connectivity index (χ1n) is 12.3. The standard InChI is InChI=1S/C30H24F3N5O2/c1-40-24-15-9-19(10-16-24)17-27-25-7-2-3-8-26(25)28(38-37-27)34-21-11-13-22(14-12-21)35-29(39)36-23-6-4-5-20(18-23)30(31,32)33/h2-16,18H,17H2,1H3,(H,34,38)(H2,35,36,39). The molecule has 7 nitrogen and oxygen atoms in total.